The molecule has 0 spiro atoms. The molecule has 0 heterocycles. The lowest BCUT2D eigenvalue weighted by Gasteiger charge is -1.92. The molecule has 1 radical (unpaired) electrons. The zero-order chi connectivity index (χ0) is 6.91. The summed E-state index contributed by atoms with van der Waals surface area (Å²) in [5.41, 5.74) is 0. The zero-order valence-electron chi connectivity index (χ0n) is 5.07. The van der Waals surface area contributed by atoms with Crippen molar-refractivity contribution >= 4 is 0 Å². The Morgan fingerprint density at radius 1 is 1.56 bits per heavy atom. The maximum Gasteiger partial charge on any atom is 0.251 e. The van der Waals surface area contributed by atoms with Crippen molar-refractivity contribution in [1.82, 2.24) is 0 Å². The molecule has 0 bridgehead atoms. The second kappa shape index (κ2) is 2.21. The van der Waals surface area contributed by atoms with Gasteiger partial charge in [0.1, 0.15) is 0 Å². The third-order valence-electron chi connectivity index (χ3n) is 1.65. The van der Waals surface area contributed by atoms with E-state index in [9.17, 15) is 13.9 Å². The highest BCUT2D eigenvalue weighted by molar-refractivity contribution is 4.94. The van der Waals surface area contributed by atoms with Crippen LogP contribution in [0.5, 0.6) is 0 Å². The van der Waals surface area contributed by atoms with Gasteiger partial charge in [0.05, 0.1) is 6.61 Å². The molecule has 0 aromatic carbocycles. The number of rotatable bonds is 3. The van der Waals surface area contributed by atoms with E-state index in [1.165, 1.54) is 0 Å². The molecular formula is C6H9F2O. The molecule has 1 nitrogen and oxygen atoms in total. The molecular weight excluding hydrogens is 126 g/mol. The maximum absolute atomic E-state index is 12.0. The van der Waals surface area contributed by atoms with Crippen LogP contribution in [-0.2, 0) is 5.11 Å². The fourth-order valence-electron chi connectivity index (χ4n) is 0.913. The SMILES string of the molecule is [O]CCCC1CC1(F)F. The summed E-state index contributed by atoms with van der Waals surface area (Å²) in [6.45, 7) is -0.216. The Kier molecular flexibility index (Phi) is 1.70. The Labute approximate surface area is 52.7 Å². The van der Waals surface area contributed by atoms with Gasteiger partial charge in [-0.05, 0) is 12.8 Å². The lowest BCUT2D eigenvalue weighted by molar-refractivity contribution is 0.0932. The van der Waals surface area contributed by atoms with Crippen molar-refractivity contribution in [2.45, 2.75) is 25.2 Å². The van der Waals surface area contributed by atoms with Crippen molar-refractivity contribution in [1.29, 1.82) is 0 Å². The van der Waals surface area contributed by atoms with Gasteiger partial charge in [-0.1, -0.05) is 0 Å². The molecule has 0 aliphatic heterocycles. The van der Waals surface area contributed by atoms with E-state index in [-0.39, 0.29) is 13.0 Å². The van der Waals surface area contributed by atoms with Crippen LogP contribution in [0.2, 0.25) is 0 Å². The summed E-state index contributed by atoms with van der Waals surface area (Å²) in [5.74, 6) is -2.89. The smallest absolute Gasteiger partial charge is 0.237 e. The van der Waals surface area contributed by atoms with Crippen molar-refractivity contribution < 1.29 is 13.9 Å². The zero-order valence-corrected chi connectivity index (χ0v) is 5.07. The number of alkyl halides is 2. The Hall–Kier alpha value is -0.180. The van der Waals surface area contributed by atoms with Crippen molar-refractivity contribution in [2.75, 3.05) is 6.61 Å². The van der Waals surface area contributed by atoms with E-state index in [0.717, 1.165) is 0 Å². The number of halogens is 2. The van der Waals surface area contributed by atoms with Gasteiger partial charge in [0.25, 0.3) is 5.92 Å². The summed E-state index contributed by atoms with van der Waals surface area (Å²) in [6, 6.07) is 0. The fourth-order valence-corrected chi connectivity index (χ4v) is 0.913. The van der Waals surface area contributed by atoms with Crippen LogP contribution in [0.1, 0.15) is 19.3 Å². The quantitative estimate of drug-likeness (QED) is 0.562. The lowest BCUT2D eigenvalue weighted by Crippen LogP contribution is -1.94. The molecule has 1 atom stereocenters. The first-order valence-electron chi connectivity index (χ1n) is 3.13. The number of hydrogen-bond acceptors (Lipinski definition) is 0. The van der Waals surface area contributed by atoms with Gasteiger partial charge in [-0.15, -0.1) is 0 Å². The third-order valence-corrected chi connectivity index (χ3v) is 1.65. The molecule has 0 N–H and O–H groups in total. The second-order valence-corrected chi connectivity index (χ2v) is 2.51. The summed E-state index contributed by atoms with van der Waals surface area (Å²) >= 11 is 0. The fraction of sp³-hybridized carbons (Fsp3) is 1.00. The molecule has 1 fully saturated rings. The Bertz CT molecular complexity index is 103. The van der Waals surface area contributed by atoms with E-state index in [4.69, 9.17) is 0 Å². The highest BCUT2D eigenvalue weighted by Gasteiger charge is 2.55. The van der Waals surface area contributed by atoms with Gasteiger partial charge >= 0.3 is 0 Å². The van der Waals surface area contributed by atoms with Crippen LogP contribution in [-0.4, -0.2) is 12.5 Å². The molecule has 53 valence electrons. The molecule has 0 aromatic rings. The molecule has 0 aromatic heterocycles. The van der Waals surface area contributed by atoms with E-state index in [2.05, 4.69) is 0 Å². The Morgan fingerprint density at radius 3 is 2.44 bits per heavy atom. The molecule has 1 aliphatic rings. The van der Waals surface area contributed by atoms with Crippen LogP contribution in [0.15, 0.2) is 0 Å². The first kappa shape index (κ1) is 6.93. The highest BCUT2D eigenvalue weighted by atomic mass is 19.3. The van der Waals surface area contributed by atoms with Crippen molar-refractivity contribution in [2.24, 2.45) is 5.92 Å². The average molecular weight is 135 g/mol. The van der Waals surface area contributed by atoms with Gasteiger partial charge in [-0.3, -0.25) is 0 Å². The highest BCUT2D eigenvalue weighted by Crippen LogP contribution is 2.50. The van der Waals surface area contributed by atoms with Crippen molar-refractivity contribution in [3.05, 3.63) is 0 Å². The Morgan fingerprint density at radius 2 is 2.11 bits per heavy atom. The average Bonchev–Trinajstić information content (AvgIpc) is 2.35. The van der Waals surface area contributed by atoms with Gasteiger partial charge in [0.2, 0.25) is 0 Å². The predicted molar refractivity (Wildman–Crippen MR) is 27.8 cm³/mol. The predicted octanol–water partition coefficient (Wildman–Crippen LogP) is 1.85. The molecule has 1 aliphatic carbocycles. The van der Waals surface area contributed by atoms with E-state index < -0.39 is 11.8 Å². The molecule has 9 heavy (non-hydrogen) atoms. The first-order chi connectivity index (χ1) is 4.17. The molecule has 0 amide bonds. The van der Waals surface area contributed by atoms with E-state index >= 15 is 0 Å². The number of hydrogen-bond donors (Lipinski definition) is 0. The first-order valence-corrected chi connectivity index (χ1v) is 3.13. The van der Waals surface area contributed by atoms with Gasteiger partial charge < -0.3 is 0 Å². The molecule has 1 saturated carbocycles. The van der Waals surface area contributed by atoms with Crippen LogP contribution in [0.3, 0.4) is 0 Å². The van der Waals surface area contributed by atoms with Crippen LogP contribution >= 0.6 is 0 Å². The normalized spacial score (nSPS) is 30.3. The maximum atomic E-state index is 12.0. The molecule has 1 rings (SSSR count). The summed E-state index contributed by atoms with van der Waals surface area (Å²) in [5, 5.41) is 9.83. The molecule has 1 unspecified atom stereocenters. The van der Waals surface area contributed by atoms with Gasteiger partial charge in [0.15, 0.2) is 0 Å². The lowest BCUT2D eigenvalue weighted by atomic mass is 10.2. The minimum absolute atomic E-state index is 0.00694. The van der Waals surface area contributed by atoms with Crippen LogP contribution in [0.25, 0.3) is 0 Å². The summed E-state index contributed by atoms with van der Waals surface area (Å²) in [4.78, 5) is 0. The summed E-state index contributed by atoms with van der Waals surface area (Å²) in [6.07, 6.45) is 0.823. The van der Waals surface area contributed by atoms with Gasteiger partial charge in [-0.2, -0.15) is 0 Å². The molecule has 0 saturated heterocycles. The largest absolute Gasteiger partial charge is 0.251 e. The van der Waals surface area contributed by atoms with Crippen LogP contribution in [0, 0.1) is 5.92 Å². The monoisotopic (exact) mass is 135 g/mol. The summed E-state index contributed by atoms with van der Waals surface area (Å²) in [7, 11) is 0. The van der Waals surface area contributed by atoms with Crippen molar-refractivity contribution in [3.63, 3.8) is 0 Å². The van der Waals surface area contributed by atoms with Gasteiger partial charge in [-0.25, -0.2) is 13.9 Å². The minimum atomic E-state index is -2.42. The third kappa shape index (κ3) is 1.61. The van der Waals surface area contributed by atoms with E-state index in [0.29, 0.717) is 12.8 Å². The Balaban J connectivity index is 2.06. The van der Waals surface area contributed by atoms with Crippen molar-refractivity contribution in [3.8, 4) is 0 Å². The topological polar surface area (TPSA) is 19.9 Å². The second-order valence-electron chi connectivity index (χ2n) is 2.51. The van der Waals surface area contributed by atoms with Crippen LogP contribution < -0.4 is 0 Å². The minimum Gasteiger partial charge on any atom is -0.237 e. The van der Waals surface area contributed by atoms with Gasteiger partial charge in [0, 0.05) is 12.3 Å². The van der Waals surface area contributed by atoms with E-state index in [1.807, 2.05) is 0 Å². The summed E-state index contributed by atoms with van der Waals surface area (Å²) < 4.78 is 24.0. The standard InChI is InChI=1S/C6H9F2O/c7-6(8)4-5(6)2-1-3-9/h5H,1-4H2. The molecule has 3 heteroatoms. The van der Waals surface area contributed by atoms with E-state index in [1.54, 1.807) is 0 Å². The van der Waals surface area contributed by atoms with Crippen LogP contribution in [0.4, 0.5) is 8.78 Å².